The molecular weight excluding hydrogens is 244 g/mol. The largest absolute Gasteiger partial charge is 0.332 e. The highest BCUT2D eigenvalue weighted by molar-refractivity contribution is 7.97. The van der Waals surface area contributed by atoms with Gasteiger partial charge in [-0.25, -0.2) is 4.79 Å². The van der Waals surface area contributed by atoms with E-state index in [4.69, 9.17) is 0 Å². The van der Waals surface area contributed by atoms with Crippen molar-refractivity contribution in [2.75, 3.05) is 5.32 Å². The van der Waals surface area contributed by atoms with Gasteiger partial charge in [-0.2, -0.15) is 0 Å². The van der Waals surface area contributed by atoms with Crippen LogP contribution < -0.4 is 5.32 Å². The fourth-order valence-corrected chi connectivity index (χ4v) is 2.81. The van der Waals surface area contributed by atoms with Crippen LogP contribution in [0.25, 0.3) is 0 Å². The molecule has 2 amide bonds. The molecular formula is C14H12N2OS. The summed E-state index contributed by atoms with van der Waals surface area (Å²) in [5.41, 5.74) is 2.02. The van der Waals surface area contributed by atoms with Crippen LogP contribution in [-0.4, -0.2) is 10.3 Å². The molecule has 0 aliphatic carbocycles. The van der Waals surface area contributed by atoms with E-state index in [1.165, 1.54) is 17.5 Å². The molecule has 1 aliphatic heterocycles. The molecule has 1 N–H and O–H groups in total. The van der Waals surface area contributed by atoms with Crippen LogP contribution in [0.5, 0.6) is 0 Å². The summed E-state index contributed by atoms with van der Waals surface area (Å²) in [5, 5.41) is 2.88. The second kappa shape index (κ2) is 4.74. The molecule has 0 saturated heterocycles. The number of hydrogen-bond acceptors (Lipinski definition) is 2. The van der Waals surface area contributed by atoms with Gasteiger partial charge in [0.2, 0.25) is 0 Å². The van der Waals surface area contributed by atoms with Gasteiger partial charge >= 0.3 is 6.03 Å². The van der Waals surface area contributed by atoms with Crippen molar-refractivity contribution in [2.45, 2.75) is 11.4 Å². The zero-order chi connectivity index (χ0) is 12.4. The molecule has 1 aliphatic rings. The van der Waals surface area contributed by atoms with Gasteiger partial charge in [-0.05, 0) is 35.7 Å². The van der Waals surface area contributed by atoms with E-state index in [2.05, 4.69) is 11.4 Å². The second-order valence-corrected chi connectivity index (χ2v) is 5.09. The van der Waals surface area contributed by atoms with E-state index in [-0.39, 0.29) is 6.03 Å². The standard InChI is InChI=1S/C14H12N2OS/c17-14(15-12-7-2-1-3-8-12)16-10-11-6-4-5-9-13(11)18-16/h1-9H,10H2,(H,15,17). The molecule has 0 bridgehead atoms. The number of rotatable bonds is 1. The molecule has 4 heteroatoms. The fourth-order valence-electron chi connectivity index (χ4n) is 1.85. The number of nitrogens with one attached hydrogen (secondary N) is 1. The number of urea groups is 1. The Labute approximate surface area is 110 Å². The zero-order valence-corrected chi connectivity index (χ0v) is 10.5. The van der Waals surface area contributed by atoms with Crippen LogP contribution in [0.1, 0.15) is 5.56 Å². The van der Waals surface area contributed by atoms with Gasteiger partial charge in [-0.3, -0.25) is 4.31 Å². The second-order valence-electron chi connectivity index (χ2n) is 4.03. The average molecular weight is 256 g/mol. The van der Waals surface area contributed by atoms with E-state index in [0.717, 1.165) is 10.6 Å². The molecule has 0 radical (unpaired) electrons. The average Bonchev–Trinajstić information content (AvgIpc) is 2.84. The van der Waals surface area contributed by atoms with Crippen molar-refractivity contribution in [3.05, 3.63) is 60.2 Å². The summed E-state index contributed by atoms with van der Waals surface area (Å²) in [5.74, 6) is 0. The van der Waals surface area contributed by atoms with Gasteiger partial charge in [0.05, 0.1) is 6.54 Å². The van der Waals surface area contributed by atoms with Gasteiger partial charge in [0, 0.05) is 10.6 Å². The summed E-state index contributed by atoms with van der Waals surface area (Å²) >= 11 is 1.48. The van der Waals surface area contributed by atoms with Crippen molar-refractivity contribution in [3.63, 3.8) is 0 Å². The fraction of sp³-hybridized carbons (Fsp3) is 0.0714. The van der Waals surface area contributed by atoms with Crippen LogP contribution in [-0.2, 0) is 6.54 Å². The van der Waals surface area contributed by atoms with E-state index in [1.54, 1.807) is 4.31 Å². The highest BCUT2D eigenvalue weighted by Crippen LogP contribution is 2.35. The van der Waals surface area contributed by atoms with Crippen LogP contribution in [0.4, 0.5) is 10.5 Å². The number of carbonyl (C=O) groups excluding carboxylic acids is 1. The first-order valence-corrected chi connectivity index (χ1v) is 6.50. The van der Waals surface area contributed by atoms with E-state index in [0.29, 0.717) is 6.54 Å². The molecule has 0 unspecified atom stereocenters. The summed E-state index contributed by atoms with van der Waals surface area (Å²) < 4.78 is 1.73. The summed E-state index contributed by atoms with van der Waals surface area (Å²) in [7, 11) is 0. The Morgan fingerprint density at radius 2 is 1.78 bits per heavy atom. The minimum atomic E-state index is -0.0811. The molecule has 0 spiro atoms. The SMILES string of the molecule is O=C(Nc1ccccc1)N1Cc2ccccc2S1. The van der Waals surface area contributed by atoms with E-state index in [9.17, 15) is 4.79 Å². The van der Waals surface area contributed by atoms with Crippen LogP contribution in [0.15, 0.2) is 59.5 Å². The number of benzene rings is 2. The molecule has 3 nitrogen and oxygen atoms in total. The molecule has 18 heavy (non-hydrogen) atoms. The van der Waals surface area contributed by atoms with Crippen molar-refractivity contribution >= 4 is 23.7 Å². The van der Waals surface area contributed by atoms with Crippen molar-refractivity contribution in [1.29, 1.82) is 0 Å². The van der Waals surface area contributed by atoms with E-state index in [1.807, 2.05) is 48.5 Å². The number of anilines is 1. The van der Waals surface area contributed by atoms with E-state index < -0.39 is 0 Å². The molecule has 1 heterocycles. The lowest BCUT2D eigenvalue weighted by Gasteiger charge is -2.14. The lowest BCUT2D eigenvalue weighted by atomic mass is 10.2. The van der Waals surface area contributed by atoms with Crippen LogP contribution in [0.3, 0.4) is 0 Å². The van der Waals surface area contributed by atoms with Crippen molar-refractivity contribution < 1.29 is 4.79 Å². The minimum Gasteiger partial charge on any atom is -0.307 e. The Morgan fingerprint density at radius 1 is 1.06 bits per heavy atom. The molecule has 0 atom stereocenters. The van der Waals surface area contributed by atoms with Gasteiger partial charge in [-0.15, -0.1) is 0 Å². The maximum atomic E-state index is 12.1. The number of amides is 2. The molecule has 3 rings (SSSR count). The zero-order valence-electron chi connectivity index (χ0n) is 9.67. The molecule has 90 valence electrons. The summed E-state index contributed by atoms with van der Waals surface area (Å²) in [6.45, 7) is 0.652. The van der Waals surface area contributed by atoms with Gasteiger partial charge in [0.15, 0.2) is 0 Å². The third-order valence-electron chi connectivity index (χ3n) is 2.75. The maximum Gasteiger partial charge on any atom is 0.332 e. The third kappa shape index (κ3) is 2.19. The van der Waals surface area contributed by atoms with Crippen molar-refractivity contribution in [3.8, 4) is 0 Å². The first kappa shape index (κ1) is 11.2. The van der Waals surface area contributed by atoms with Gasteiger partial charge in [0.25, 0.3) is 0 Å². The van der Waals surface area contributed by atoms with Gasteiger partial charge in [-0.1, -0.05) is 36.4 Å². The Bertz CT molecular complexity index is 546. The summed E-state index contributed by atoms with van der Waals surface area (Å²) in [6.07, 6.45) is 0. The summed E-state index contributed by atoms with van der Waals surface area (Å²) in [6, 6.07) is 17.5. The van der Waals surface area contributed by atoms with Crippen LogP contribution in [0, 0.1) is 0 Å². The molecule has 0 saturated carbocycles. The highest BCUT2D eigenvalue weighted by atomic mass is 32.2. The normalized spacial score (nSPS) is 13.2. The predicted octanol–water partition coefficient (Wildman–Crippen LogP) is 3.74. The topological polar surface area (TPSA) is 32.3 Å². The molecule has 0 aromatic heterocycles. The minimum absolute atomic E-state index is 0.0811. The number of carbonyl (C=O) groups is 1. The highest BCUT2D eigenvalue weighted by Gasteiger charge is 2.24. The molecule has 0 fully saturated rings. The summed E-state index contributed by atoms with van der Waals surface area (Å²) in [4.78, 5) is 13.2. The smallest absolute Gasteiger partial charge is 0.307 e. The number of fused-ring (bicyclic) bond motifs is 1. The predicted molar refractivity (Wildman–Crippen MR) is 73.3 cm³/mol. The Hall–Kier alpha value is -1.94. The maximum absolute atomic E-state index is 12.1. The van der Waals surface area contributed by atoms with E-state index >= 15 is 0 Å². The Balaban J connectivity index is 1.70. The molecule has 2 aromatic carbocycles. The number of para-hydroxylation sites is 1. The first-order chi connectivity index (χ1) is 8.83. The number of nitrogens with zero attached hydrogens (tertiary/aromatic N) is 1. The van der Waals surface area contributed by atoms with Crippen molar-refractivity contribution in [2.24, 2.45) is 0 Å². The van der Waals surface area contributed by atoms with Gasteiger partial charge in [0.1, 0.15) is 0 Å². The lowest BCUT2D eigenvalue weighted by molar-refractivity contribution is 0.238. The lowest BCUT2D eigenvalue weighted by Crippen LogP contribution is -2.25. The number of hydrogen-bond donors (Lipinski definition) is 1. The van der Waals surface area contributed by atoms with Crippen LogP contribution >= 0.6 is 11.9 Å². The third-order valence-corrected chi connectivity index (χ3v) is 3.86. The monoisotopic (exact) mass is 256 g/mol. The first-order valence-electron chi connectivity index (χ1n) is 5.72. The molecule has 2 aromatic rings. The van der Waals surface area contributed by atoms with Crippen molar-refractivity contribution in [1.82, 2.24) is 4.31 Å². The van der Waals surface area contributed by atoms with Gasteiger partial charge < -0.3 is 5.32 Å². The van der Waals surface area contributed by atoms with Crippen LogP contribution in [0.2, 0.25) is 0 Å². The Morgan fingerprint density at radius 3 is 2.56 bits per heavy atom. The Kier molecular flexibility index (Phi) is 2.94. The quantitative estimate of drug-likeness (QED) is 0.788.